The summed E-state index contributed by atoms with van der Waals surface area (Å²) in [4.78, 5) is 26.6. The molecule has 3 nitrogen and oxygen atoms in total. The molecule has 0 saturated heterocycles. The molecule has 1 N–H and O–H groups in total. The summed E-state index contributed by atoms with van der Waals surface area (Å²) < 4.78 is 0. The Morgan fingerprint density at radius 1 is 1.26 bits per heavy atom. The number of aromatic amines is 1. The topological polar surface area (TPSA) is 49.9 Å². The Hall–Kier alpha value is -1.90. The van der Waals surface area contributed by atoms with E-state index in [9.17, 15) is 9.59 Å². The van der Waals surface area contributed by atoms with Crippen LogP contribution >= 0.6 is 0 Å². The highest BCUT2D eigenvalue weighted by atomic mass is 16.1. The van der Waals surface area contributed by atoms with Crippen LogP contribution in [0.5, 0.6) is 0 Å². The number of carbonyl (C=O) groups excluding carboxylic acids is 1. The molecule has 3 heteroatoms. The van der Waals surface area contributed by atoms with Crippen LogP contribution < -0.4 is 5.56 Å². The summed E-state index contributed by atoms with van der Waals surface area (Å²) in [5.74, 6) is 0.506. The van der Waals surface area contributed by atoms with Gasteiger partial charge < -0.3 is 4.98 Å². The monoisotopic (exact) mass is 257 g/mol. The summed E-state index contributed by atoms with van der Waals surface area (Å²) in [5, 5.41) is 0.922. The van der Waals surface area contributed by atoms with Crippen LogP contribution in [0.15, 0.2) is 29.1 Å². The molecule has 0 radical (unpaired) electrons. The molecule has 0 bridgehead atoms. The van der Waals surface area contributed by atoms with Gasteiger partial charge in [0.25, 0.3) is 5.56 Å². The molecule has 0 fully saturated rings. The molecule has 0 atom stereocenters. The maximum absolute atomic E-state index is 12.0. The predicted molar refractivity (Wildman–Crippen MR) is 77.7 cm³/mol. The molecule has 100 valence electrons. The van der Waals surface area contributed by atoms with E-state index < -0.39 is 0 Å². The molecule has 0 unspecified atom stereocenters. The van der Waals surface area contributed by atoms with Crippen LogP contribution in [0.2, 0.25) is 0 Å². The number of pyridine rings is 1. The van der Waals surface area contributed by atoms with E-state index in [1.54, 1.807) is 6.07 Å². The molecule has 19 heavy (non-hydrogen) atoms. The summed E-state index contributed by atoms with van der Waals surface area (Å²) in [5.41, 5.74) is 2.20. The van der Waals surface area contributed by atoms with E-state index in [1.807, 2.05) is 39.0 Å². The van der Waals surface area contributed by atoms with Gasteiger partial charge in [-0.15, -0.1) is 0 Å². The lowest BCUT2D eigenvalue weighted by atomic mass is 9.99. The van der Waals surface area contributed by atoms with E-state index >= 15 is 0 Å². The number of aromatic nitrogens is 1. The quantitative estimate of drug-likeness (QED) is 0.854. The molecule has 0 spiro atoms. The Bertz CT molecular complexity index is 668. The van der Waals surface area contributed by atoms with Crippen molar-refractivity contribution in [2.24, 2.45) is 5.92 Å². The van der Waals surface area contributed by atoms with Crippen LogP contribution in [0.4, 0.5) is 0 Å². The number of fused-ring (bicyclic) bond motifs is 1. The van der Waals surface area contributed by atoms with E-state index in [0.29, 0.717) is 18.8 Å². The first kappa shape index (κ1) is 13.5. The number of carbonyl (C=O) groups is 1. The fraction of sp³-hybridized carbons (Fsp3) is 0.375. The van der Waals surface area contributed by atoms with E-state index in [4.69, 9.17) is 0 Å². The van der Waals surface area contributed by atoms with Crippen molar-refractivity contribution in [2.75, 3.05) is 0 Å². The van der Waals surface area contributed by atoms with Crippen molar-refractivity contribution >= 4 is 16.7 Å². The molecule has 1 aromatic carbocycles. The molecule has 1 aromatic heterocycles. The Morgan fingerprint density at radius 3 is 2.63 bits per heavy atom. The van der Waals surface area contributed by atoms with E-state index in [0.717, 1.165) is 22.0 Å². The first-order valence-electron chi connectivity index (χ1n) is 6.70. The second-order valence-electron chi connectivity index (χ2n) is 5.30. The van der Waals surface area contributed by atoms with Crippen molar-refractivity contribution in [1.29, 1.82) is 0 Å². The maximum atomic E-state index is 12.0. The molecule has 0 aliphatic carbocycles. The second-order valence-corrected chi connectivity index (χ2v) is 5.30. The van der Waals surface area contributed by atoms with Gasteiger partial charge in [-0.2, -0.15) is 0 Å². The molecule has 0 saturated carbocycles. The van der Waals surface area contributed by atoms with Crippen LogP contribution in [0, 0.1) is 5.92 Å². The predicted octanol–water partition coefficient (Wildman–Crippen LogP) is 3.32. The van der Waals surface area contributed by atoms with Crippen molar-refractivity contribution in [1.82, 2.24) is 4.98 Å². The highest BCUT2D eigenvalue weighted by molar-refractivity contribution is 5.99. The largest absolute Gasteiger partial charge is 0.322 e. The third kappa shape index (κ3) is 2.92. The average molecular weight is 257 g/mol. The number of aryl methyl sites for hydroxylation is 1. The van der Waals surface area contributed by atoms with Gasteiger partial charge in [-0.05, 0) is 42.0 Å². The molecular formula is C16H19NO2. The summed E-state index contributed by atoms with van der Waals surface area (Å²) >= 11 is 0. The Balaban J connectivity index is 2.47. The Labute approximate surface area is 112 Å². The van der Waals surface area contributed by atoms with Gasteiger partial charge in [0.1, 0.15) is 0 Å². The van der Waals surface area contributed by atoms with Crippen molar-refractivity contribution in [3.05, 3.63) is 45.7 Å². The first-order valence-corrected chi connectivity index (χ1v) is 6.70. The van der Waals surface area contributed by atoms with Gasteiger partial charge >= 0.3 is 0 Å². The number of benzene rings is 1. The van der Waals surface area contributed by atoms with Gasteiger partial charge in [-0.1, -0.05) is 20.8 Å². The third-order valence-corrected chi connectivity index (χ3v) is 3.22. The standard InChI is InChI=1S/C16H19NO2/c1-4-11-8-13-9-12(15(18)7-10(2)3)5-6-14(13)17-16(11)19/h5-6,8-10H,4,7H2,1-3H3,(H,17,19). The minimum atomic E-state index is -0.0451. The number of ketones is 1. The zero-order valence-corrected chi connectivity index (χ0v) is 11.6. The number of hydrogen-bond acceptors (Lipinski definition) is 2. The summed E-state index contributed by atoms with van der Waals surface area (Å²) in [6.07, 6.45) is 1.24. The number of rotatable bonds is 4. The summed E-state index contributed by atoms with van der Waals surface area (Å²) in [6.45, 7) is 6.02. The number of H-pyrrole nitrogens is 1. The fourth-order valence-corrected chi connectivity index (χ4v) is 2.18. The van der Waals surface area contributed by atoms with Gasteiger partial charge in [-0.3, -0.25) is 9.59 Å². The van der Waals surface area contributed by atoms with E-state index in [2.05, 4.69) is 4.98 Å². The van der Waals surface area contributed by atoms with Crippen molar-refractivity contribution in [2.45, 2.75) is 33.6 Å². The molecular weight excluding hydrogens is 238 g/mol. The Morgan fingerprint density at radius 2 is 2.00 bits per heavy atom. The normalized spacial score (nSPS) is 11.2. The smallest absolute Gasteiger partial charge is 0.251 e. The molecule has 0 aliphatic rings. The lowest BCUT2D eigenvalue weighted by Crippen LogP contribution is -2.11. The zero-order valence-electron chi connectivity index (χ0n) is 11.6. The van der Waals surface area contributed by atoms with Crippen LogP contribution in [0.1, 0.15) is 43.1 Å². The minimum Gasteiger partial charge on any atom is -0.322 e. The van der Waals surface area contributed by atoms with Gasteiger partial charge in [0, 0.05) is 23.1 Å². The zero-order chi connectivity index (χ0) is 14.0. The van der Waals surface area contributed by atoms with Gasteiger partial charge in [0.15, 0.2) is 5.78 Å². The molecule has 2 aromatic rings. The van der Waals surface area contributed by atoms with E-state index in [1.165, 1.54) is 0 Å². The summed E-state index contributed by atoms with van der Waals surface area (Å²) in [7, 11) is 0. The van der Waals surface area contributed by atoms with Crippen molar-refractivity contribution in [3.63, 3.8) is 0 Å². The number of hydrogen-bond donors (Lipinski definition) is 1. The SMILES string of the molecule is CCc1cc2cc(C(=O)CC(C)C)ccc2[nH]c1=O. The molecule has 1 heterocycles. The molecule has 2 rings (SSSR count). The fourth-order valence-electron chi connectivity index (χ4n) is 2.18. The minimum absolute atomic E-state index is 0.0451. The third-order valence-electron chi connectivity index (χ3n) is 3.22. The highest BCUT2D eigenvalue weighted by Gasteiger charge is 2.09. The van der Waals surface area contributed by atoms with Gasteiger partial charge in [-0.25, -0.2) is 0 Å². The number of nitrogens with one attached hydrogen (secondary N) is 1. The summed E-state index contributed by atoms with van der Waals surface area (Å²) in [6, 6.07) is 7.34. The lowest BCUT2D eigenvalue weighted by Gasteiger charge is -2.06. The second kappa shape index (κ2) is 5.39. The van der Waals surface area contributed by atoms with Crippen LogP contribution in [-0.4, -0.2) is 10.8 Å². The van der Waals surface area contributed by atoms with Gasteiger partial charge in [0.05, 0.1) is 0 Å². The van der Waals surface area contributed by atoms with Crippen molar-refractivity contribution in [3.8, 4) is 0 Å². The van der Waals surface area contributed by atoms with Crippen molar-refractivity contribution < 1.29 is 4.79 Å². The van der Waals surface area contributed by atoms with Crippen LogP contribution in [0.25, 0.3) is 10.9 Å². The Kier molecular flexibility index (Phi) is 3.84. The van der Waals surface area contributed by atoms with E-state index in [-0.39, 0.29) is 11.3 Å². The maximum Gasteiger partial charge on any atom is 0.251 e. The highest BCUT2D eigenvalue weighted by Crippen LogP contribution is 2.16. The van der Waals surface area contributed by atoms with Crippen LogP contribution in [-0.2, 0) is 6.42 Å². The lowest BCUT2D eigenvalue weighted by molar-refractivity contribution is 0.0968. The molecule has 0 aliphatic heterocycles. The number of Topliss-reactive ketones (excluding diaryl/α,β-unsaturated/α-hetero) is 1. The van der Waals surface area contributed by atoms with Gasteiger partial charge in [0.2, 0.25) is 0 Å². The average Bonchev–Trinajstić information content (AvgIpc) is 2.36. The molecule has 0 amide bonds. The first-order chi connectivity index (χ1) is 9.01. The van der Waals surface area contributed by atoms with Crippen LogP contribution in [0.3, 0.4) is 0 Å².